The first-order valence-electron chi connectivity index (χ1n) is 10.5. The van der Waals surface area contributed by atoms with Crippen molar-refractivity contribution in [2.45, 2.75) is 45.8 Å². The molecule has 1 N–H and O–H groups in total. The summed E-state index contributed by atoms with van der Waals surface area (Å²) in [7, 11) is 0. The van der Waals surface area contributed by atoms with Crippen LogP contribution in [0.4, 0.5) is 0 Å². The molecule has 3 heterocycles. The Morgan fingerprint density at radius 1 is 1.16 bits per heavy atom. The van der Waals surface area contributed by atoms with Crippen molar-refractivity contribution in [1.82, 2.24) is 15.3 Å². The average molecular weight is 438 g/mol. The van der Waals surface area contributed by atoms with E-state index in [2.05, 4.69) is 15.3 Å². The van der Waals surface area contributed by atoms with E-state index in [0.717, 1.165) is 39.5 Å². The highest BCUT2D eigenvalue weighted by molar-refractivity contribution is 7.14. The molecule has 3 aromatic rings. The largest absolute Gasteiger partial charge is 0.490 e. The lowest BCUT2D eigenvalue weighted by Crippen LogP contribution is -2.27. The molecule has 6 nitrogen and oxygen atoms in total. The molecule has 0 radical (unpaired) electrons. The van der Waals surface area contributed by atoms with E-state index >= 15 is 0 Å². The third-order valence-electron chi connectivity index (χ3n) is 5.29. The van der Waals surface area contributed by atoms with Crippen molar-refractivity contribution in [1.29, 1.82) is 0 Å². The third-order valence-corrected chi connectivity index (χ3v) is 6.25. The maximum absolute atomic E-state index is 13.1. The summed E-state index contributed by atoms with van der Waals surface area (Å²) in [5.41, 5.74) is 3.35. The maximum Gasteiger partial charge on any atom is 0.251 e. The lowest BCUT2D eigenvalue weighted by atomic mass is 10.1. The first-order valence-corrected chi connectivity index (χ1v) is 11.4. The molecule has 7 heteroatoms. The fourth-order valence-electron chi connectivity index (χ4n) is 3.49. The van der Waals surface area contributed by atoms with Crippen molar-refractivity contribution >= 4 is 17.2 Å². The molecule has 0 bridgehead atoms. The van der Waals surface area contributed by atoms with E-state index < -0.39 is 0 Å². The van der Waals surface area contributed by atoms with Crippen LogP contribution in [-0.2, 0) is 4.74 Å². The Hall–Kier alpha value is -2.77. The number of ether oxygens (including phenoxy) is 2. The van der Waals surface area contributed by atoms with Gasteiger partial charge in [-0.3, -0.25) is 9.78 Å². The van der Waals surface area contributed by atoms with Crippen LogP contribution < -0.4 is 10.1 Å². The first kappa shape index (κ1) is 21.5. The van der Waals surface area contributed by atoms with Gasteiger partial charge in [-0.25, -0.2) is 4.98 Å². The molecule has 1 fully saturated rings. The van der Waals surface area contributed by atoms with E-state index in [1.807, 2.05) is 57.3 Å². The molecule has 0 aliphatic carbocycles. The molecule has 1 aliphatic heterocycles. The maximum atomic E-state index is 13.1. The number of aryl methyl sites for hydroxylation is 2. The van der Waals surface area contributed by atoms with Crippen LogP contribution in [-0.4, -0.2) is 35.2 Å². The summed E-state index contributed by atoms with van der Waals surface area (Å²) in [5, 5.41) is 3.95. The van der Waals surface area contributed by atoms with Crippen molar-refractivity contribution in [2.24, 2.45) is 0 Å². The normalized spacial score (nSPS) is 15.5. The summed E-state index contributed by atoms with van der Waals surface area (Å²) in [4.78, 5) is 23.0. The molecule has 2 aromatic heterocycles. The summed E-state index contributed by atoms with van der Waals surface area (Å²) in [6, 6.07) is 9.44. The fraction of sp³-hybridized carbons (Fsp3) is 0.375. The number of hydrogen-bond donors (Lipinski definition) is 1. The van der Waals surface area contributed by atoms with Crippen molar-refractivity contribution in [3.63, 3.8) is 0 Å². The highest BCUT2D eigenvalue weighted by Gasteiger charge is 2.19. The van der Waals surface area contributed by atoms with Crippen LogP contribution in [0.3, 0.4) is 0 Å². The second-order valence-electron chi connectivity index (χ2n) is 7.88. The van der Waals surface area contributed by atoms with E-state index in [0.29, 0.717) is 24.5 Å². The Kier molecular flexibility index (Phi) is 6.63. The number of rotatable bonds is 6. The minimum Gasteiger partial charge on any atom is -0.490 e. The minimum absolute atomic E-state index is 0.0931. The zero-order valence-corrected chi connectivity index (χ0v) is 18.9. The summed E-state index contributed by atoms with van der Waals surface area (Å²) in [6.07, 6.45) is 5.43. The molecule has 1 atom stereocenters. The Morgan fingerprint density at radius 2 is 1.97 bits per heavy atom. The molecule has 0 spiro atoms. The predicted octanol–water partition coefficient (Wildman–Crippen LogP) is 4.87. The van der Waals surface area contributed by atoms with Gasteiger partial charge in [0.1, 0.15) is 16.9 Å². The number of carbonyl (C=O) groups is 1. The Balaban J connectivity index is 1.59. The van der Waals surface area contributed by atoms with Crippen molar-refractivity contribution in [3.8, 4) is 16.3 Å². The first-order chi connectivity index (χ1) is 15.0. The number of amides is 1. The number of thiazole rings is 1. The van der Waals surface area contributed by atoms with Gasteiger partial charge >= 0.3 is 0 Å². The van der Waals surface area contributed by atoms with Gasteiger partial charge in [-0.05, 0) is 50.6 Å². The molecule has 1 saturated heterocycles. The van der Waals surface area contributed by atoms with Crippen LogP contribution in [0.25, 0.3) is 10.6 Å². The van der Waals surface area contributed by atoms with Crippen LogP contribution in [0.2, 0.25) is 0 Å². The van der Waals surface area contributed by atoms with Crippen LogP contribution in [0.1, 0.15) is 52.3 Å². The van der Waals surface area contributed by atoms with Gasteiger partial charge in [0.2, 0.25) is 0 Å². The molecule has 4 rings (SSSR count). The summed E-state index contributed by atoms with van der Waals surface area (Å²) in [5.74, 6) is 0.534. The molecule has 31 heavy (non-hydrogen) atoms. The smallest absolute Gasteiger partial charge is 0.251 e. The lowest BCUT2D eigenvalue weighted by Gasteiger charge is -2.24. The van der Waals surface area contributed by atoms with Gasteiger partial charge in [-0.1, -0.05) is 6.07 Å². The van der Waals surface area contributed by atoms with E-state index in [4.69, 9.17) is 9.47 Å². The summed E-state index contributed by atoms with van der Waals surface area (Å²) >= 11 is 1.60. The van der Waals surface area contributed by atoms with Crippen LogP contribution in [0.15, 0.2) is 42.7 Å². The number of aromatic nitrogens is 2. The number of nitrogens with one attached hydrogen (secondary N) is 1. The Bertz CT molecular complexity index is 1040. The number of carbonyl (C=O) groups excluding carboxylic acids is 1. The van der Waals surface area contributed by atoms with Gasteiger partial charge in [-0.2, -0.15) is 0 Å². The van der Waals surface area contributed by atoms with Gasteiger partial charge in [0, 0.05) is 46.9 Å². The molecule has 162 valence electrons. The lowest BCUT2D eigenvalue weighted by molar-refractivity contribution is 0.0255. The monoisotopic (exact) mass is 437 g/mol. The standard InChI is InChI=1S/C24H27N3O3S/c1-15-4-5-18(14-25-15)17(3)27-23(28)19-10-20(24-26-13-16(2)31-24)12-22(11-19)30-21-6-8-29-9-7-21/h4-5,10-14,17,21H,6-9H2,1-3H3,(H,27,28). The fourth-order valence-corrected chi connectivity index (χ4v) is 4.25. The van der Waals surface area contributed by atoms with E-state index in [9.17, 15) is 4.79 Å². The highest BCUT2D eigenvalue weighted by Crippen LogP contribution is 2.31. The molecule has 1 aromatic carbocycles. The van der Waals surface area contributed by atoms with E-state index in [1.165, 1.54) is 0 Å². The van der Waals surface area contributed by atoms with Crippen molar-refractivity contribution in [2.75, 3.05) is 13.2 Å². The average Bonchev–Trinajstić information content (AvgIpc) is 3.21. The second-order valence-corrected chi connectivity index (χ2v) is 9.11. The van der Waals surface area contributed by atoms with Crippen molar-refractivity contribution in [3.05, 3.63) is 64.4 Å². The van der Waals surface area contributed by atoms with Crippen LogP contribution >= 0.6 is 11.3 Å². The number of benzene rings is 1. The zero-order chi connectivity index (χ0) is 21.8. The second kappa shape index (κ2) is 9.58. The number of pyridine rings is 1. The summed E-state index contributed by atoms with van der Waals surface area (Å²) < 4.78 is 11.7. The highest BCUT2D eigenvalue weighted by atomic mass is 32.1. The van der Waals surface area contributed by atoms with Crippen LogP contribution in [0.5, 0.6) is 5.75 Å². The zero-order valence-electron chi connectivity index (χ0n) is 18.1. The topological polar surface area (TPSA) is 73.3 Å². The molecule has 1 unspecified atom stereocenters. The molecular weight excluding hydrogens is 410 g/mol. The van der Waals surface area contributed by atoms with Gasteiger partial charge in [0.15, 0.2) is 0 Å². The van der Waals surface area contributed by atoms with E-state index in [1.54, 1.807) is 17.5 Å². The minimum atomic E-state index is -0.161. The van der Waals surface area contributed by atoms with Gasteiger partial charge in [-0.15, -0.1) is 11.3 Å². The van der Waals surface area contributed by atoms with Crippen molar-refractivity contribution < 1.29 is 14.3 Å². The predicted molar refractivity (Wildman–Crippen MR) is 122 cm³/mol. The third kappa shape index (κ3) is 5.48. The number of hydrogen-bond acceptors (Lipinski definition) is 6. The number of nitrogens with zero attached hydrogens (tertiary/aromatic N) is 2. The van der Waals surface area contributed by atoms with Gasteiger partial charge < -0.3 is 14.8 Å². The van der Waals surface area contributed by atoms with E-state index in [-0.39, 0.29) is 18.1 Å². The molecular formula is C24H27N3O3S. The molecule has 0 saturated carbocycles. The van der Waals surface area contributed by atoms with Crippen LogP contribution in [0, 0.1) is 13.8 Å². The Labute approximate surface area is 186 Å². The molecule has 1 amide bonds. The summed E-state index contributed by atoms with van der Waals surface area (Å²) in [6.45, 7) is 7.32. The quantitative estimate of drug-likeness (QED) is 0.596. The SMILES string of the molecule is Cc1ccc(C(C)NC(=O)c2cc(OC3CCOCC3)cc(-c3ncc(C)s3)c2)cn1. The van der Waals surface area contributed by atoms with Gasteiger partial charge in [0.25, 0.3) is 5.91 Å². The Morgan fingerprint density at radius 3 is 2.65 bits per heavy atom. The van der Waals surface area contributed by atoms with Gasteiger partial charge in [0.05, 0.1) is 19.3 Å². The molecule has 1 aliphatic rings.